The number of fused-ring (bicyclic) bond motifs is 1. The maximum Gasteiger partial charge on any atom is 0.267 e. The van der Waals surface area contributed by atoms with Crippen LogP contribution in [0.15, 0.2) is 36.4 Å². The minimum absolute atomic E-state index is 0.233. The highest BCUT2D eigenvalue weighted by Crippen LogP contribution is 2.27. The fourth-order valence-corrected chi connectivity index (χ4v) is 5.10. The SMILES string of the molecule is CCCCCN(C(=O)c1ccc2nc(C)n(Cc3ccc(N4CCOCC4)cc3Cl)c2c1)S(=O)O. The molecule has 188 valence electrons. The minimum atomic E-state index is -2.38. The van der Waals surface area contributed by atoms with Crippen LogP contribution in [0.5, 0.6) is 0 Å². The number of imidazole rings is 1. The van der Waals surface area contributed by atoms with Crippen LogP contribution in [0.3, 0.4) is 0 Å². The van der Waals surface area contributed by atoms with Gasteiger partial charge in [-0.2, -0.15) is 0 Å². The Morgan fingerprint density at radius 3 is 2.66 bits per heavy atom. The molecule has 1 N–H and O–H groups in total. The Labute approximate surface area is 213 Å². The summed E-state index contributed by atoms with van der Waals surface area (Å²) in [5.74, 6) is 0.325. The minimum Gasteiger partial charge on any atom is -0.378 e. The van der Waals surface area contributed by atoms with E-state index in [1.165, 1.54) is 0 Å². The summed E-state index contributed by atoms with van der Waals surface area (Å²) in [5, 5.41) is 0.667. The van der Waals surface area contributed by atoms with Crippen molar-refractivity contribution in [2.75, 3.05) is 37.7 Å². The first-order valence-corrected chi connectivity index (χ1v) is 13.3. The summed E-state index contributed by atoms with van der Waals surface area (Å²) in [6, 6.07) is 11.3. The molecule has 3 aromatic rings. The molecule has 0 saturated carbocycles. The number of ether oxygens (including phenoxy) is 1. The molecule has 0 radical (unpaired) electrons. The number of halogens is 1. The van der Waals surface area contributed by atoms with Gasteiger partial charge in [0, 0.05) is 35.9 Å². The second-order valence-corrected chi connectivity index (χ2v) is 9.98. The zero-order valence-corrected chi connectivity index (χ0v) is 21.6. The van der Waals surface area contributed by atoms with Crippen LogP contribution in [0.2, 0.25) is 5.02 Å². The second kappa shape index (κ2) is 11.5. The molecule has 4 rings (SSSR count). The Morgan fingerprint density at radius 1 is 1.20 bits per heavy atom. The van der Waals surface area contributed by atoms with E-state index in [1.807, 2.05) is 30.5 Å². The molecule has 1 aliphatic heterocycles. The van der Waals surface area contributed by atoms with Gasteiger partial charge >= 0.3 is 0 Å². The molecule has 2 heterocycles. The standard InChI is InChI=1S/C25H31ClN4O4S/c1-3-4-5-10-30(35(32)33)25(31)19-7-9-23-24(15-19)29(18(2)27-23)17-20-6-8-21(16-22(20)26)28-11-13-34-14-12-28/h6-9,15-16H,3-5,10-14,17H2,1-2H3,(H,32,33). The van der Waals surface area contributed by atoms with Gasteiger partial charge in [0.15, 0.2) is 0 Å². The smallest absolute Gasteiger partial charge is 0.267 e. The predicted molar refractivity (Wildman–Crippen MR) is 139 cm³/mol. The predicted octanol–water partition coefficient (Wildman–Crippen LogP) is 4.65. The van der Waals surface area contributed by atoms with Gasteiger partial charge in [0.05, 0.1) is 30.8 Å². The Kier molecular flexibility index (Phi) is 8.43. The summed E-state index contributed by atoms with van der Waals surface area (Å²) >= 11 is 4.30. The highest BCUT2D eigenvalue weighted by molar-refractivity contribution is 7.77. The summed E-state index contributed by atoms with van der Waals surface area (Å²) in [6.07, 6.45) is 2.52. The third-order valence-corrected chi connectivity index (χ3v) is 7.38. The molecule has 1 atom stereocenters. The number of unbranched alkanes of at least 4 members (excludes halogenated alkanes) is 2. The maximum atomic E-state index is 13.1. The van der Waals surface area contributed by atoms with Gasteiger partial charge in [0.2, 0.25) is 0 Å². The molecule has 2 aromatic carbocycles. The van der Waals surface area contributed by atoms with Gasteiger partial charge in [-0.15, -0.1) is 0 Å². The van der Waals surface area contributed by atoms with Crippen LogP contribution in [-0.4, -0.2) is 61.4 Å². The Morgan fingerprint density at radius 2 is 1.97 bits per heavy atom. The van der Waals surface area contributed by atoms with Crippen molar-refractivity contribution in [3.63, 3.8) is 0 Å². The topological polar surface area (TPSA) is 87.9 Å². The van der Waals surface area contributed by atoms with Gasteiger partial charge < -0.3 is 14.2 Å². The number of benzene rings is 2. The van der Waals surface area contributed by atoms with Crippen molar-refractivity contribution in [2.45, 2.75) is 39.7 Å². The number of aromatic nitrogens is 2. The number of carbonyl (C=O) groups is 1. The van der Waals surface area contributed by atoms with Crippen LogP contribution in [0, 0.1) is 6.92 Å². The van der Waals surface area contributed by atoms with Gasteiger partial charge in [-0.3, -0.25) is 9.35 Å². The first-order chi connectivity index (χ1) is 16.9. The van der Waals surface area contributed by atoms with E-state index in [4.69, 9.17) is 16.3 Å². The van der Waals surface area contributed by atoms with Crippen molar-refractivity contribution in [1.29, 1.82) is 0 Å². The third-order valence-electron chi connectivity index (χ3n) is 6.31. The fourth-order valence-electron chi connectivity index (χ4n) is 4.33. The average molecular weight is 519 g/mol. The largest absolute Gasteiger partial charge is 0.378 e. The lowest BCUT2D eigenvalue weighted by Crippen LogP contribution is -2.36. The third kappa shape index (κ3) is 5.86. The molecular weight excluding hydrogens is 488 g/mol. The van der Waals surface area contributed by atoms with Crippen molar-refractivity contribution < 1.29 is 18.3 Å². The molecule has 35 heavy (non-hydrogen) atoms. The molecule has 10 heteroatoms. The zero-order chi connectivity index (χ0) is 24.9. The van der Waals surface area contributed by atoms with Crippen LogP contribution in [0.4, 0.5) is 5.69 Å². The van der Waals surface area contributed by atoms with Gasteiger partial charge in [0.25, 0.3) is 17.2 Å². The monoisotopic (exact) mass is 518 g/mol. The lowest BCUT2D eigenvalue weighted by Gasteiger charge is -2.29. The van der Waals surface area contributed by atoms with Crippen LogP contribution >= 0.6 is 11.6 Å². The van der Waals surface area contributed by atoms with Crippen molar-refractivity contribution >= 4 is 45.5 Å². The lowest BCUT2D eigenvalue weighted by atomic mass is 10.1. The number of aryl methyl sites for hydroxylation is 1. The second-order valence-electron chi connectivity index (χ2n) is 8.67. The fraction of sp³-hybridized carbons (Fsp3) is 0.440. The first kappa shape index (κ1) is 25.6. The number of carbonyl (C=O) groups excluding carboxylic acids is 1. The number of morpholine rings is 1. The molecule has 1 aromatic heterocycles. The normalized spacial score (nSPS) is 14.9. The molecule has 1 amide bonds. The zero-order valence-electron chi connectivity index (χ0n) is 20.1. The van der Waals surface area contributed by atoms with E-state index in [-0.39, 0.29) is 6.54 Å². The van der Waals surface area contributed by atoms with Crippen LogP contribution in [0.25, 0.3) is 11.0 Å². The van der Waals surface area contributed by atoms with Crippen molar-refractivity contribution in [3.8, 4) is 0 Å². The van der Waals surface area contributed by atoms with Gasteiger partial charge in [0.1, 0.15) is 5.82 Å². The number of hydrogen-bond donors (Lipinski definition) is 1. The number of anilines is 1. The van der Waals surface area contributed by atoms with Crippen molar-refractivity contribution in [1.82, 2.24) is 13.9 Å². The molecule has 0 aliphatic carbocycles. The molecule has 1 saturated heterocycles. The highest BCUT2D eigenvalue weighted by Gasteiger charge is 2.22. The summed E-state index contributed by atoms with van der Waals surface area (Å²) < 4.78 is 30.0. The molecule has 1 aliphatic rings. The maximum absolute atomic E-state index is 13.1. The Bertz CT molecular complexity index is 1230. The summed E-state index contributed by atoms with van der Waals surface area (Å²) in [5.41, 5.74) is 3.90. The van der Waals surface area contributed by atoms with Crippen LogP contribution in [-0.2, 0) is 22.5 Å². The lowest BCUT2D eigenvalue weighted by molar-refractivity contribution is 0.0858. The molecule has 0 bridgehead atoms. The molecule has 1 unspecified atom stereocenters. The van der Waals surface area contributed by atoms with E-state index in [0.29, 0.717) is 36.8 Å². The van der Waals surface area contributed by atoms with Gasteiger partial charge in [-0.05, 0) is 49.2 Å². The Balaban J connectivity index is 1.60. The summed E-state index contributed by atoms with van der Waals surface area (Å²) in [6.45, 7) is 7.78. The van der Waals surface area contributed by atoms with E-state index in [0.717, 1.165) is 58.3 Å². The van der Waals surface area contributed by atoms with Crippen molar-refractivity contribution in [3.05, 3.63) is 58.4 Å². The average Bonchev–Trinajstić information content (AvgIpc) is 3.17. The van der Waals surface area contributed by atoms with Gasteiger partial charge in [-0.1, -0.05) is 37.4 Å². The highest BCUT2D eigenvalue weighted by atomic mass is 35.5. The summed E-state index contributed by atoms with van der Waals surface area (Å²) in [4.78, 5) is 19.9. The number of nitrogens with zero attached hydrogens (tertiary/aromatic N) is 4. The first-order valence-electron chi connectivity index (χ1n) is 11.9. The van der Waals surface area contributed by atoms with Gasteiger partial charge in [-0.25, -0.2) is 13.5 Å². The molecule has 1 fully saturated rings. The number of hydrogen-bond acceptors (Lipinski definition) is 5. The van der Waals surface area contributed by atoms with Crippen LogP contribution < -0.4 is 4.90 Å². The summed E-state index contributed by atoms with van der Waals surface area (Å²) in [7, 11) is 0. The quantitative estimate of drug-likeness (QED) is 0.327. The number of amides is 1. The number of rotatable bonds is 9. The van der Waals surface area contributed by atoms with E-state index >= 15 is 0 Å². The van der Waals surface area contributed by atoms with E-state index in [1.54, 1.807) is 18.2 Å². The van der Waals surface area contributed by atoms with E-state index < -0.39 is 17.2 Å². The van der Waals surface area contributed by atoms with Crippen LogP contribution in [0.1, 0.15) is 47.9 Å². The molecule has 0 spiro atoms. The molecule has 8 nitrogen and oxygen atoms in total. The van der Waals surface area contributed by atoms with E-state index in [2.05, 4.69) is 16.0 Å². The Hall–Kier alpha value is -2.46. The van der Waals surface area contributed by atoms with E-state index in [9.17, 15) is 13.6 Å². The molecular formula is C25H31ClN4O4S. The van der Waals surface area contributed by atoms with Crippen molar-refractivity contribution in [2.24, 2.45) is 0 Å².